The minimum atomic E-state index is -0.123. The van der Waals surface area contributed by atoms with Crippen LogP contribution >= 0.6 is 11.8 Å². The Labute approximate surface area is 198 Å². The third kappa shape index (κ3) is 5.93. The molecule has 0 atom stereocenters. The van der Waals surface area contributed by atoms with Crippen LogP contribution in [0.5, 0.6) is 0 Å². The van der Waals surface area contributed by atoms with Gasteiger partial charge in [-0.15, -0.1) is 0 Å². The number of carbonyl (C=O) groups excluding carboxylic acids is 2. The Morgan fingerprint density at radius 3 is 2.45 bits per heavy atom. The van der Waals surface area contributed by atoms with Crippen molar-refractivity contribution in [3.8, 4) is 0 Å². The second-order valence-corrected chi connectivity index (χ2v) is 9.30. The molecule has 1 aromatic heterocycles. The van der Waals surface area contributed by atoms with Crippen LogP contribution in [0.4, 0.5) is 10.5 Å². The molecule has 1 aliphatic rings. The average molecular weight is 461 g/mol. The largest absolute Gasteiger partial charge is 0.349 e. The predicted molar refractivity (Wildman–Crippen MR) is 132 cm³/mol. The lowest BCUT2D eigenvalue weighted by Gasteiger charge is -2.32. The van der Waals surface area contributed by atoms with Crippen LogP contribution in [-0.4, -0.2) is 41.0 Å². The summed E-state index contributed by atoms with van der Waals surface area (Å²) in [6.45, 7) is 5.36. The fourth-order valence-electron chi connectivity index (χ4n) is 3.75. The molecule has 0 unspecified atom stereocenters. The molecule has 1 fully saturated rings. The molecule has 3 amide bonds. The lowest BCUT2D eigenvalue weighted by Crippen LogP contribution is -2.47. The van der Waals surface area contributed by atoms with E-state index in [2.05, 4.69) is 47.7 Å². The molecule has 2 N–H and O–H groups in total. The van der Waals surface area contributed by atoms with Crippen LogP contribution in [0.15, 0.2) is 76.8 Å². The van der Waals surface area contributed by atoms with Gasteiger partial charge in [-0.25, -0.2) is 9.78 Å². The molecule has 0 saturated carbocycles. The first-order chi connectivity index (χ1) is 16.0. The number of carbonyl (C=O) groups is 2. The van der Waals surface area contributed by atoms with Gasteiger partial charge in [-0.1, -0.05) is 36.0 Å². The number of anilines is 1. The van der Waals surface area contributed by atoms with Crippen molar-refractivity contribution >= 4 is 29.4 Å². The zero-order valence-corrected chi connectivity index (χ0v) is 19.7. The highest BCUT2D eigenvalue weighted by Crippen LogP contribution is 2.30. The first kappa shape index (κ1) is 22.9. The Hall–Kier alpha value is -3.32. The average Bonchev–Trinajstić information content (AvgIpc) is 2.83. The zero-order chi connectivity index (χ0) is 23.2. The molecule has 0 aliphatic carbocycles. The van der Waals surface area contributed by atoms with Crippen LogP contribution in [0, 0.1) is 13.8 Å². The summed E-state index contributed by atoms with van der Waals surface area (Å²) in [5.74, 6) is -0.123. The number of pyridine rings is 1. The molecule has 4 rings (SSSR count). The van der Waals surface area contributed by atoms with Crippen molar-refractivity contribution in [3.05, 3.63) is 83.6 Å². The number of hydrogen-bond acceptors (Lipinski definition) is 4. The molecule has 6 nitrogen and oxygen atoms in total. The molecule has 0 bridgehead atoms. The minimum Gasteiger partial charge on any atom is -0.349 e. The number of likely N-dealkylation sites (tertiary alicyclic amines) is 1. The van der Waals surface area contributed by atoms with Gasteiger partial charge in [-0.3, -0.25) is 4.79 Å². The zero-order valence-electron chi connectivity index (χ0n) is 18.9. The van der Waals surface area contributed by atoms with E-state index in [0.29, 0.717) is 36.5 Å². The summed E-state index contributed by atoms with van der Waals surface area (Å²) in [7, 11) is 0. The molecule has 170 valence electrons. The van der Waals surface area contributed by atoms with Gasteiger partial charge in [0.1, 0.15) is 5.03 Å². The Kier molecular flexibility index (Phi) is 7.29. The third-order valence-electron chi connectivity index (χ3n) is 5.85. The monoisotopic (exact) mass is 460 g/mol. The Morgan fingerprint density at radius 2 is 1.73 bits per heavy atom. The van der Waals surface area contributed by atoms with Gasteiger partial charge in [-0.05, 0) is 74.2 Å². The first-order valence-corrected chi connectivity index (χ1v) is 11.9. The van der Waals surface area contributed by atoms with E-state index in [1.54, 1.807) is 17.2 Å². The molecular formula is C26H28N4O2S. The summed E-state index contributed by atoms with van der Waals surface area (Å²) in [6.07, 6.45) is 3.14. The molecule has 0 radical (unpaired) electrons. The molecule has 7 heteroatoms. The second-order valence-electron chi connectivity index (χ2n) is 8.24. The SMILES string of the molecule is Cc1ccc(Sc2ncccc2C(=O)NC2CCN(C(=O)Nc3ccccc3)CC2)cc1C. The summed E-state index contributed by atoms with van der Waals surface area (Å²) < 4.78 is 0. The highest BCUT2D eigenvalue weighted by atomic mass is 32.2. The van der Waals surface area contributed by atoms with Gasteiger partial charge in [0, 0.05) is 35.9 Å². The molecule has 0 spiro atoms. The fourth-order valence-corrected chi connectivity index (χ4v) is 4.73. The number of urea groups is 1. The number of aryl methyl sites for hydroxylation is 2. The molecular weight excluding hydrogens is 432 g/mol. The summed E-state index contributed by atoms with van der Waals surface area (Å²) in [5, 5.41) is 6.75. The van der Waals surface area contributed by atoms with Crippen molar-refractivity contribution in [1.29, 1.82) is 0 Å². The summed E-state index contributed by atoms with van der Waals surface area (Å²) in [4.78, 5) is 32.8. The van der Waals surface area contributed by atoms with E-state index in [1.165, 1.54) is 22.9 Å². The molecule has 1 aliphatic heterocycles. The highest BCUT2D eigenvalue weighted by Gasteiger charge is 2.25. The van der Waals surface area contributed by atoms with Crippen molar-refractivity contribution in [2.24, 2.45) is 0 Å². The maximum Gasteiger partial charge on any atom is 0.321 e. The van der Waals surface area contributed by atoms with Crippen molar-refractivity contribution in [2.45, 2.75) is 42.7 Å². The van der Waals surface area contributed by atoms with E-state index in [1.807, 2.05) is 36.4 Å². The number of hydrogen-bond donors (Lipinski definition) is 2. The number of aromatic nitrogens is 1. The Morgan fingerprint density at radius 1 is 0.970 bits per heavy atom. The number of nitrogens with zero attached hydrogens (tertiary/aromatic N) is 2. The van der Waals surface area contributed by atoms with E-state index in [0.717, 1.165) is 10.6 Å². The van der Waals surface area contributed by atoms with Crippen molar-refractivity contribution in [1.82, 2.24) is 15.2 Å². The van der Waals surface area contributed by atoms with Crippen molar-refractivity contribution in [3.63, 3.8) is 0 Å². The molecule has 2 aromatic carbocycles. The molecule has 2 heterocycles. The van der Waals surface area contributed by atoms with Crippen LogP contribution < -0.4 is 10.6 Å². The Bertz CT molecular complexity index is 1130. The third-order valence-corrected chi connectivity index (χ3v) is 6.86. The molecule has 33 heavy (non-hydrogen) atoms. The topological polar surface area (TPSA) is 74.3 Å². The van der Waals surface area contributed by atoms with Gasteiger partial charge >= 0.3 is 6.03 Å². The quantitative estimate of drug-likeness (QED) is 0.544. The minimum absolute atomic E-state index is 0.0259. The number of para-hydroxylation sites is 1. The van der Waals surface area contributed by atoms with E-state index in [9.17, 15) is 9.59 Å². The van der Waals surface area contributed by atoms with Gasteiger partial charge in [0.25, 0.3) is 5.91 Å². The van der Waals surface area contributed by atoms with Gasteiger partial charge in [0.2, 0.25) is 0 Å². The van der Waals surface area contributed by atoms with Gasteiger partial charge in [0.15, 0.2) is 0 Å². The van der Waals surface area contributed by atoms with Gasteiger partial charge < -0.3 is 15.5 Å². The summed E-state index contributed by atoms with van der Waals surface area (Å²) in [6, 6.07) is 19.2. The lowest BCUT2D eigenvalue weighted by atomic mass is 10.0. The Balaban J connectivity index is 1.34. The molecule has 1 saturated heterocycles. The maximum absolute atomic E-state index is 13.0. The summed E-state index contributed by atoms with van der Waals surface area (Å²) >= 11 is 1.50. The number of benzene rings is 2. The van der Waals surface area contributed by atoms with E-state index < -0.39 is 0 Å². The van der Waals surface area contributed by atoms with Crippen LogP contribution in [0.1, 0.15) is 34.3 Å². The second kappa shape index (κ2) is 10.5. The van der Waals surface area contributed by atoms with Crippen LogP contribution in [-0.2, 0) is 0 Å². The van der Waals surface area contributed by atoms with E-state index in [4.69, 9.17) is 0 Å². The van der Waals surface area contributed by atoms with Crippen LogP contribution in [0.2, 0.25) is 0 Å². The van der Waals surface area contributed by atoms with E-state index >= 15 is 0 Å². The van der Waals surface area contributed by atoms with Gasteiger partial charge in [0.05, 0.1) is 5.56 Å². The predicted octanol–water partition coefficient (Wildman–Crippen LogP) is 5.28. The number of rotatable bonds is 5. The lowest BCUT2D eigenvalue weighted by molar-refractivity contribution is 0.0915. The van der Waals surface area contributed by atoms with Crippen molar-refractivity contribution in [2.75, 3.05) is 18.4 Å². The van der Waals surface area contributed by atoms with Gasteiger partial charge in [-0.2, -0.15) is 0 Å². The van der Waals surface area contributed by atoms with Crippen molar-refractivity contribution < 1.29 is 9.59 Å². The van der Waals surface area contributed by atoms with E-state index in [-0.39, 0.29) is 18.0 Å². The number of nitrogens with one attached hydrogen (secondary N) is 2. The number of amides is 3. The molecule has 3 aromatic rings. The fraction of sp³-hybridized carbons (Fsp3) is 0.269. The smallest absolute Gasteiger partial charge is 0.321 e. The van der Waals surface area contributed by atoms with Crippen LogP contribution in [0.3, 0.4) is 0 Å². The standard InChI is InChI=1S/C26H28N4O2S/c1-18-10-11-22(17-19(18)2)33-25-23(9-6-14-27-25)24(31)28-21-12-15-30(16-13-21)26(32)29-20-7-4-3-5-8-20/h3-11,14,17,21H,12-13,15-16H2,1-2H3,(H,28,31)(H,29,32). The van der Waals surface area contributed by atoms with Crippen LogP contribution in [0.25, 0.3) is 0 Å². The highest BCUT2D eigenvalue weighted by molar-refractivity contribution is 7.99. The first-order valence-electron chi connectivity index (χ1n) is 11.1. The number of piperidine rings is 1. The maximum atomic E-state index is 13.0. The summed E-state index contributed by atoms with van der Waals surface area (Å²) in [5.41, 5.74) is 3.81. The normalized spacial score (nSPS) is 14.1.